The van der Waals surface area contributed by atoms with E-state index in [-0.39, 0.29) is 23.1 Å². The predicted molar refractivity (Wildman–Crippen MR) is 92.6 cm³/mol. The van der Waals surface area contributed by atoms with Crippen LogP contribution in [-0.2, 0) is 12.8 Å². The first-order valence-corrected chi connectivity index (χ1v) is 9.13. The molecule has 2 aromatic rings. The molecule has 25 heavy (non-hydrogen) atoms. The van der Waals surface area contributed by atoms with E-state index in [0.29, 0.717) is 6.54 Å². The molecule has 1 atom stereocenters. The molecule has 3 heterocycles. The highest BCUT2D eigenvalue weighted by Crippen LogP contribution is 2.31. The Bertz CT molecular complexity index is 852. The second-order valence-corrected chi connectivity index (χ2v) is 7.10. The molecular formula is C19H23N3O3. The van der Waals surface area contributed by atoms with Crippen LogP contribution in [0.4, 0.5) is 0 Å². The van der Waals surface area contributed by atoms with Crippen LogP contribution in [0.3, 0.4) is 0 Å². The topological polar surface area (TPSA) is 79.2 Å². The lowest BCUT2D eigenvalue weighted by Gasteiger charge is -2.34. The minimum atomic E-state index is -0.272. The number of rotatable bonds is 2. The number of carbonyl (C=O) groups excluding carboxylic acids is 1. The molecular weight excluding hydrogens is 318 g/mol. The third-order valence-electron chi connectivity index (χ3n) is 5.32. The Labute approximate surface area is 146 Å². The van der Waals surface area contributed by atoms with Gasteiger partial charge < -0.3 is 14.4 Å². The summed E-state index contributed by atoms with van der Waals surface area (Å²) in [5, 5.41) is 4.10. The fourth-order valence-corrected chi connectivity index (χ4v) is 4.01. The third kappa shape index (κ3) is 3.01. The molecule has 0 saturated carbocycles. The first kappa shape index (κ1) is 16.1. The fourth-order valence-electron chi connectivity index (χ4n) is 4.01. The standard InChI is InChI=1S/C19H23N3O3/c1-12-10-16(21-25-12)17-8-4-5-9-22(17)19(24)14-11-13-6-2-3-7-15(13)20-18(14)23/h10-11,17H,2-9H2,1H3,(H,20,23)/t17-/m0/s1. The van der Waals surface area contributed by atoms with Crippen molar-refractivity contribution >= 4 is 5.91 Å². The zero-order valence-electron chi connectivity index (χ0n) is 14.5. The lowest BCUT2D eigenvalue weighted by Crippen LogP contribution is -2.41. The van der Waals surface area contributed by atoms with Gasteiger partial charge in [-0.05, 0) is 63.5 Å². The lowest BCUT2D eigenvalue weighted by molar-refractivity contribution is 0.0600. The molecule has 1 N–H and O–H groups in total. The molecule has 0 bridgehead atoms. The quantitative estimate of drug-likeness (QED) is 0.911. The summed E-state index contributed by atoms with van der Waals surface area (Å²) in [4.78, 5) is 30.4. The van der Waals surface area contributed by atoms with Crippen LogP contribution in [0.15, 0.2) is 21.5 Å². The number of piperidine rings is 1. The van der Waals surface area contributed by atoms with Gasteiger partial charge >= 0.3 is 0 Å². The van der Waals surface area contributed by atoms with Crippen LogP contribution in [0.25, 0.3) is 0 Å². The molecule has 0 spiro atoms. The molecule has 1 aliphatic heterocycles. The number of nitrogens with one attached hydrogen (secondary N) is 1. The Morgan fingerprint density at radius 2 is 2.08 bits per heavy atom. The zero-order valence-corrected chi connectivity index (χ0v) is 14.5. The first-order chi connectivity index (χ1) is 12.1. The van der Waals surface area contributed by atoms with E-state index in [4.69, 9.17) is 4.52 Å². The van der Waals surface area contributed by atoms with E-state index in [1.54, 1.807) is 4.90 Å². The van der Waals surface area contributed by atoms with Crippen molar-refractivity contribution in [1.82, 2.24) is 15.0 Å². The molecule has 0 aromatic carbocycles. The Morgan fingerprint density at radius 3 is 2.88 bits per heavy atom. The summed E-state index contributed by atoms with van der Waals surface area (Å²) in [6.45, 7) is 2.49. The number of aryl methyl sites for hydroxylation is 3. The molecule has 4 rings (SSSR count). The highest BCUT2D eigenvalue weighted by Gasteiger charge is 2.32. The summed E-state index contributed by atoms with van der Waals surface area (Å²) in [5.74, 6) is 0.541. The number of H-pyrrole nitrogens is 1. The number of nitrogens with zero attached hydrogens (tertiary/aromatic N) is 2. The van der Waals surface area contributed by atoms with Gasteiger partial charge in [-0.25, -0.2) is 0 Å². The van der Waals surface area contributed by atoms with Gasteiger partial charge in [-0.1, -0.05) is 5.16 Å². The van der Waals surface area contributed by atoms with Crippen LogP contribution in [0.1, 0.15) is 71.2 Å². The fraction of sp³-hybridized carbons (Fsp3) is 0.526. The minimum Gasteiger partial charge on any atom is -0.361 e. The van der Waals surface area contributed by atoms with E-state index in [1.165, 1.54) is 0 Å². The molecule has 0 unspecified atom stereocenters. The number of fused-ring (bicyclic) bond motifs is 1. The summed E-state index contributed by atoms with van der Waals surface area (Å²) < 4.78 is 5.19. The summed E-state index contributed by atoms with van der Waals surface area (Å²) >= 11 is 0. The van der Waals surface area contributed by atoms with E-state index >= 15 is 0 Å². The maximum absolute atomic E-state index is 13.1. The van der Waals surface area contributed by atoms with Gasteiger partial charge in [0.2, 0.25) is 0 Å². The molecule has 2 aromatic heterocycles. The number of hydrogen-bond acceptors (Lipinski definition) is 4. The van der Waals surface area contributed by atoms with Crippen LogP contribution in [0.2, 0.25) is 0 Å². The molecule has 1 fully saturated rings. The van der Waals surface area contributed by atoms with Crippen LogP contribution >= 0.6 is 0 Å². The van der Waals surface area contributed by atoms with Gasteiger partial charge in [0.15, 0.2) is 0 Å². The molecule has 1 saturated heterocycles. The number of carbonyl (C=O) groups is 1. The molecule has 1 amide bonds. The monoisotopic (exact) mass is 341 g/mol. The highest BCUT2D eigenvalue weighted by atomic mass is 16.5. The van der Waals surface area contributed by atoms with E-state index < -0.39 is 0 Å². The summed E-state index contributed by atoms with van der Waals surface area (Å²) in [7, 11) is 0. The maximum Gasteiger partial charge on any atom is 0.261 e. The number of aromatic amines is 1. The molecule has 6 nitrogen and oxygen atoms in total. The maximum atomic E-state index is 13.1. The van der Waals surface area contributed by atoms with Crippen molar-refractivity contribution in [1.29, 1.82) is 0 Å². The van der Waals surface area contributed by atoms with Crippen LogP contribution in [0, 0.1) is 6.92 Å². The number of likely N-dealkylation sites (tertiary alicyclic amines) is 1. The average Bonchev–Trinajstić information content (AvgIpc) is 3.07. The number of aromatic nitrogens is 2. The largest absolute Gasteiger partial charge is 0.361 e. The molecule has 0 radical (unpaired) electrons. The Morgan fingerprint density at radius 1 is 1.24 bits per heavy atom. The van der Waals surface area contributed by atoms with Gasteiger partial charge in [0, 0.05) is 18.3 Å². The Balaban J connectivity index is 1.68. The van der Waals surface area contributed by atoms with Gasteiger partial charge in [-0.15, -0.1) is 0 Å². The molecule has 2 aliphatic rings. The Hall–Kier alpha value is -2.37. The van der Waals surface area contributed by atoms with Crippen molar-refractivity contribution in [2.24, 2.45) is 0 Å². The summed E-state index contributed by atoms with van der Waals surface area (Å²) in [6, 6.07) is 3.58. The number of pyridine rings is 1. The lowest BCUT2D eigenvalue weighted by atomic mass is 9.94. The van der Waals surface area contributed by atoms with Crippen molar-refractivity contribution < 1.29 is 9.32 Å². The average molecular weight is 341 g/mol. The van der Waals surface area contributed by atoms with Gasteiger partial charge in [0.1, 0.15) is 17.0 Å². The molecule has 6 heteroatoms. The van der Waals surface area contributed by atoms with Crippen molar-refractivity contribution in [2.75, 3.05) is 6.54 Å². The second-order valence-electron chi connectivity index (χ2n) is 7.10. The summed E-state index contributed by atoms with van der Waals surface area (Å²) in [5.41, 5.74) is 2.87. The van der Waals surface area contributed by atoms with E-state index in [0.717, 1.165) is 67.7 Å². The van der Waals surface area contributed by atoms with Gasteiger partial charge in [-0.3, -0.25) is 9.59 Å². The second kappa shape index (κ2) is 6.50. The molecule has 132 valence electrons. The van der Waals surface area contributed by atoms with E-state index in [1.807, 2.05) is 19.1 Å². The van der Waals surface area contributed by atoms with E-state index in [9.17, 15) is 9.59 Å². The smallest absolute Gasteiger partial charge is 0.261 e. The highest BCUT2D eigenvalue weighted by molar-refractivity contribution is 5.94. The third-order valence-corrected chi connectivity index (χ3v) is 5.32. The SMILES string of the molecule is Cc1cc([C@@H]2CCCCN2C(=O)c2cc3c([nH]c2=O)CCCC3)no1. The minimum absolute atomic E-state index is 0.117. The van der Waals surface area contributed by atoms with Gasteiger partial charge in [-0.2, -0.15) is 0 Å². The normalized spacial score (nSPS) is 20.4. The zero-order chi connectivity index (χ0) is 17.4. The van der Waals surface area contributed by atoms with Gasteiger partial charge in [0.05, 0.1) is 6.04 Å². The van der Waals surface area contributed by atoms with E-state index in [2.05, 4.69) is 10.1 Å². The van der Waals surface area contributed by atoms with Crippen LogP contribution in [0.5, 0.6) is 0 Å². The first-order valence-electron chi connectivity index (χ1n) is 9.13. The summed E-state index contributed by atoms with van der Waals surface area (Å²) in [6.07, 6.45) is 6.86. The van der Waals surface area contributed by atoms with Crippen molar-refractivity contribution in [3.05, 3.63) is 50.8 Å². The number of hydrogen-bond donors (Lipinski definition) is 1. The van der Waals surface area contributed by atoms with Gasteiger partial charge in [0.25, 0.3) is 11.5 Å². The predicted octanol–water partition coefficient (Wildman–Crippen LogP) is 2.92. The van der Waals surface area contributed by atoms with Crippen LogP contribution < -0.4 is 5.56 Å². The van der Waals surface area contributed by atoms with Crippen molar-refractivity contribution in [3.63, 3.8) is 0 Å². The Kier molecular flexibility index (Phi) is 4.19. The number of amides is 1. The van der Waals surface area contributed by atoms with Crippen molar-refractivity contribution in [3.8, 4) is 0 Å². The molecule has 1 aliphatic carbocycles. The van der Waals surface area contributed by atoms with Crippen LogP contribution in [-0.4, -0.2) is 27.5 Å². The van der Waals surface area contributed by atoms with Crippen molar-refractivity contribution in [2.45, 2.75) is 57.9 Å².